The molecular weight excluding hydrogens is 186 g/mol. The molecule has 0 aromatic heterocycles. The number of hydrogen-bond donors (Lipinski definition) is 1. The molecule has 0 radical (unpaired) electrons. The predicted octanol–water partition coefficient (Wildman–Crippen LogP) is 3.05. The van der Waals surface area contributed by atoms with Crippen LogP contribution in [0.3, 0.4) is 0 Å². The number of rotatable bonds is 1. The van der Waals surface area contributed by atoms with Crippen LogP contribution in [0.2, 0.25) is 0 Å². The van der Waals surface area contributed by atoms with Crippen LogP contribution < -0.4 is 10.1 Å². The van der Waals surface area contributed by atoms with Crippen LogP contribution in [0, 0.1) is 5.92 Å². The molecule has 1 atom stereocenters. The van der Waals surface area contributed by atoms with Crippen molar-refractivity contribution in [1.29, 1.82) is 0 Å². The summed E-state index contributed by atoms with van der Waals surface area (Å²) in [5.74, 6) is 1.82. The van der Waals surface area contributed by atoms with E-state index in [9.17, 15) is 0 Å². The molecule has 1 aromatic carbocycles. The number of hydrogen-bond acceptors (Lipinski definition) is 2. The van der Waals surface area contributed by atoms with Gasteiger partial charge in [-0.15, -0.1) is 0 Å². The maximum Gasteiger partial charge on any atom is 0.142 e. The average molecular weight is 203 g/mol. The zero-order valence-corrected chi connectivity index (χ0v) is 8.91. The lowest BCUT2D eigenvalue weighted by atomic mass is 9.97. The van der Waals surface area contributed by atoms with Crippen molar-refractivity contribution in [1.82, 2.24) is 0 Å². The molecule has 1 heterocycles. The first kappa shape index (κ1) is 9.08. The molecule has 1 saturated carbocycles. The Morgan fingerprint density at radius 2 is 1.93 bits per heavy atom. The third-order valence-electron chi connectivity index (χ3n) is 3.62. The van der Waals surface area contributed by atoms with Crippen LogP contribution in [-0.4, -0.2) is 12.6 Å². The fourth-order valence-corrected chi connectivity index (χ4v) is 2.75. The van der Waals surface area contributed by atoms with Crippen LogP contribution >= 0.6 is 0 Å². The highest BCUT2D eigenvalue weighted by atomic mass is 16.5. The molecule has 80 valence electrons. The second-order valence-electron chi connectivity index (χ2n) is 4.60. The fourth-order valence-electron chi connectivity index (χ4n) is 2.75. The molecule has 0 saturated heterocycles. The highest BCUT2D eigenvalue weighted by Crippen LogP contribution is 2.35. The van der Waals surface area contributed by atoms with Gasteiger partial charge in [-0.05, 0) is 30.9 Å². The van der Waals surface area contributed by atoms with E-state index in [4.69, 9.17) is 4.74 Å². The molecule has 1 aliphatic carbocycles. The minimum atomic E-state index is 0.530. The molecular formula is C13H17NO. The van der Waals surface area contributed by atoms with E-state index < -0.39 is 0 Å². The van der Waals surface area contributed by atoms with Gasteiger partial charge in [0, 0.05) is 0 Å². The van der Waals surface area contributed by atoms with Gasteiger partial charge in [-0.3, -0.25) is 0 Å². The third kappa shape index (κ3) is 1.69. The van der Waals surface area contributed by atoms with Crippen molar-refractivity contribution < 1.29 is 4.74 Å². The normalized spacial score (nSPS) is 25.5. The molecule has 2 nitrogen and oxygen atoms in total. The molecule has 15 heavy (non-hydrogen) atoms. The summed E-state index contributed by atoms with van der Waals surface area (Å²) in [6.45, 7) is 0.835. The summed E-state index contributed by atoms with van der Waals surface area (Å²) in [5.41, 5.74) is 1.17. The summed E-state index contributed by atoms with van der Waals surface area (Å²) >= 11 is 0. The first-order valence-corrected chi connectivity index (χ1v) is 5.92. The van der Waals surface area contributed by atoms with E-state index in [-0.39, 0.29) is 0 Å². The second kappa shape index (κ2) is 3.76. The molecule has 0 amide bonds. The van der Waals surface area contributed by atoms with E-state index in [1.165, 1.54) is 31.4 Å². The van der Waals surface area contributed by atoms with Gasteiger partial charge in [-0.25, -0.2) is 0 Å². The minimum absolute atomic E-state index is 0.530. The van der Waals surface area contributed by atoms with Crippen LogP contribution in [0.4, 0.5) is 5.69 Å². The third-order valence-corrected chi connectivity index (χ3v) is 3.62. The summed E-state index contributed by atoms with van der Waals surface area (Å²) in [7, 11) is 0. The number of benzene rings is 1. The minimum Gasteiger partial charge on any atom is -0.489 e. The Bertz CT molecular complexity index is 344. The summed E-state index contributed by atoms with van der Waals surface area (Å²) in [4.78, 5) is 0. The van der Waals surface area contributed by atoms with E-state index in [1.807, 2.05) is 12.1 Å². The van der Waals surface area contributed by atoms with E-state index in [2.05, 4.69) is 17.4 Å². The molecule has 1 unspecified atom stereocenters. The Morgan fingerprint density at radius 1 is 1.13 bits per heavy atom. The summed E-state index contributed by atoms with van der Waals surface area (Å²) in [5, 5.41) is 3.61. The standard InChI is InChI=1S/C13H17NO/c1-2-6-10(5-1)12-9-15-13-8-4-3-7-11(13)14-12/h3-4,7-8,10,12,14H,1-2,5-6,9H2. The van der Waals surface area contributed by atoms with Gasteiger partial charge in [-0.1, -0.05) is 25.0 Å². The molecule has 2 aliphatic rings. The number of para-hydroxylation sites is 2. The highest BCUT2D eigenvalue weighted by Gasteiger charge is 2.28. The lowest BCUT2D eigenvalue weighted by molar-refractivity contribution is 0.246. The van der Waals surface area contributed by atoms with E-state index >= 15 is 0 Å². The van der Waals surface area contributed by atoms with Gasteiger partial charge >= 0.3 is 0 Å². The first-order chi connectivity index (χ1) is 7.43. The van der Waals surface area contributed by atoms with Crippen molar-refractivity contribution in [2.24, 2.45) is 5.92 Å². The molecule has 1 N–H and O–H groups in total. The Balaban J connectivity index is 1.76. The monoisotopic (exact) mass is 203 g/mol. The maximum absolute atomic E-state index is 5.79. The van der Waals surface area contributed by atoms with Gasteiger partial charge in [0.15, 0.2) is 0 Å². The van der Waals surface area contributed by atoms with Crippen molar-refractivity contribution in [2.75, 3.05) is 11.9 Å². The number of ether oxygens (including phenoxy) is 1. The largest absolute Gasteiger partial charge is 0.489 e. The smallest absolute Gasteiger partial charge is 0.142 e. The molecule has 1 fully saturated rings. The topological polar surface area (TPSA) is 21.3 Å². The summed E-state index contributed by atoms with van der Waals surface area (Å²) in [6, 6.07) is 8.76. The van der Waals surface area contributed by atoms with Crippen LogP contribution in [-0.2, 0) is 0 Å². The van der Waals surface area contributed by atoms with Crippen molar-refractivity contribution in [3.63, 3.8) is 0 Å². The van der Waals surface area contributed by atoms with Crippen molar-refractivity contribution >= 4 is 5.69 Å². The van der Waals surface area contributed by atoms with Crippen LogP contribution in [0.5, 0.6) is 5.75 Å². The Hall–Kier alpha value is -1.18. The number of fused-ring (bicyclic) bond motifs is 1. The predicted molar refractivity (Wildman–Crippen MR) is 61.3 cm³/mol. The summed E-state index contributed by atoms with van der Waals surface area (Å²) in [6.07, 6.45) is 5.52. The van der Waals surface area contributed by atoms with Crippen molar-refractivity contribution in [2.45, 2.75) is 31.7 Å². The SMILES string of the molecule is c1ccc2c(c1)NC(C1CCCC1)CO2. The number of anilines is 1. The molecule has 3 rings (SSSR count). The zero-order valence-electron chi connectivity index (χ0n) is 8.91. The lowest BCUT2D eigenvalue weighted by Gasteiger charge is -2.31. The van der Waals surface area contributed by atoms with Gasteiger partial charge < -0.3 is 10.1 Å². The first-order valence-electron chi connectivity index (χ1n) is 5.92. The molecule has 0 bridgehead atoms. The quantitative estimate of drug-likeness (QED) is 0.757. The van der Waals surface area contributed by atoms with E-state index in [0.29, 0.717) is 6.04 Å². The second-order valence-corrected chi connectivity index (χ2v) is 4.60. The maximum atomic E-state index is 5.79. The van der Waals surface area contributed by atoms with Gasteiger partial charge in [0.1, 0.15) is 12.4 Å². The Kier molecular flexibility index (Phi) is 2.28. The average Bonchev–Trinajstić information content (AvgIpc) is 2.82. The lowest BCUT2D eigenvalue weighted by Crippen LogP contribution is -2.36. The summed E-state index contributed by atoms with van der Waals surface area (Å²) < 4.78 is 5.79. The zero-order chi connectivity index (χ0) is 10.1. The molecule has 2 heteroatoms. The van der Waals surface area contributed by atoms with Gasteiger partial charge in [-0.2, -0.15) is 0 Å². The molecule has 1 aromatic rings. The van der Waals surface area contributed by atoms with Crippen LogP contribution in [0.1, 0.15) is 25.7 Å². The van der Waals surface area contributed by atoms with E-state index in [0.717, 1.165) is 18.3 Å². The van der Waals surface area contributed by atoms with Crippen molar-refractivity contribution in [3.8, 4) is 5.75 Å². The highest BCUT2D eigenvalue weighted by molar-refractivity contribution is 5.58. The fraction of sp³-hybridized carbons (Fsp3) is 0.538. The van der Waals surface area contributed by atoms with Gasteiger partial charge in [0.25, 0.3) is 0 Å². The van der Waals surface area contributed by atoms with Gasteiger partial charge in [0.05, 0.1) is 11.7 Å². The molecule has 0 spiro atoms. The van der Waals surface area contributed by atoms with Crippen LogP contribution in [0.25, 0.3) is 0 Å². The van der Waals surface area contributed by atoms with Gasteiger partial charge in [0.2, 0.25) is 0 Å². The van der Waals surface area contributed by atoms with Crippen LogP contribution in [0.15, 0.2) is 24.3 Å². The number of nitrogens with one attached hydrogen (secondary N) is 1. The van der Waals surface area contributed by atoms with E-state index in [1.54, 1.807) is 0 Å². The molecule has 1 aliphatic heterocycles. The van der Waals surface area contributed by atoms with Crippen molar-refractivity contribution in [3.05, 3.63) is 24.3 Å². The Labute approximate surface area is 90.6 Å². The Morgan fingerprint density at radius 3 is 2.80 bits per heavy atom.